The highest BCUT2D eigenvalue weighted by atomic mass is 32.2. The molecule has 0 fully saturated rings. The van der Waals surface area contributed by atoms with E-state index < -0.39 is 9.84 Å². The predicted molar refractivity (Wildman–Crippen MR) is 85.4 cm³/mol. The number of carbonyl (C=O) groups excluding carboxylic acids is 1. The lowest BCUT2D eigenvalue weighted by Crippen LogP contribution is -2.26. The van der Waals surface area contributed by atoms with Crippen LogP contribution in [0.2, 0.25) is 0 Å². The fraction of sp³-hybridized carbons (Fsp3) is 0.375. The molecule has 0 amide bonds. The smallest absolute Gasteiger partial charge is 0.175 e. The molecule has 118 valence electrons. The Morgan fingerprint density at radius 1 is 1.18 bits per heavy atom. The van der Waals surface area contributed by atoms with E-state index in [1.54, 1.807) is 12.1 Å². The Hall–Kier alpha value is -1.95. The van der Waals surface area contributed by atoms with Crippen LogP contribution in [0, 0.1) is 5.41 Å². The van der Waals surface area contributed by atoms with Gasteiger partial charge < -0.3 is 5.11 Å². The van der Waals surface area contributed by atoms with Crippen LogP contribution in [0.1, 0.15) is 26.7 Å². The zero-order chi connectivity index (χ0) is 16.5. The van der Waals surface area contributed by atoms with Crippen LogP contribution >= 0.6 is 0 Å². The number of aliphatic hydroxyl groups is 1. The minimum atomic E-state index is -3.24. The van der Waals surface area contributed by atoms with Crippen molar-refractivity contribution >= 4 is 27.5 Å². The van der Waals surface area contributed by atoms with E-state index in [2.05, 4.69) is 4.99 Å². The average molecular weight is 321 g/mol. The Labute approximate surface area is 130 Å². The summed E-state index contributed by atoms with van der Waals surface area (Å²) in [4.78, 5) is 16.4. The third-order valence-corrected chi connectivity index (χ3v) is 4.63. The third kappa shape index (κ3) is 3.82. The Morgan fingerprint density at radius 3 is 2.27 bits per heavy atom. The number of aliphatic imine (C=N–C) groups is 1. The number of sulfone groups is 1. The molecule has 0 bridgehead atoms. The van der Waals surface area contributed by atoms with Gasteiger partial charge in [-0.15, -0.1) is 0 Å². The first-order chi connectivity index (χ1) is 10.1. The molecule has 0 unspecified atom stereocenters. The van der Waals surface area contributed by atoms with E-state index in [0.717, 1.165) is 6.26 Å². The second kappa shape index (κ2) is 5.68. The van der Waals surface area contributed by atoms with Gasteiger partial charge in [0.1, 0.15) is 5.76 Å². The topological polar surface area (TPSA) is 83.8 Å². The highest BCUT2D eigenvalue weighted by Gasteiger charge is 2.32. The molecule has 1 aromatic carbocycles. The fourth-order valence-corrected chi connectivity index (χ4v) is 3.00. The van der Waals surface area contributed by atoms with Crippen molar-refractivity contribution in [2.24, 2.45) is 10.4 Å². The molecule has 0 saturated heterocycles. The van der Waals surface area contributed by atoms with E-state index in [9.17, 15) is 18.3 Å². The summed E-state index contributed by atoms with van der Waals surface area (Å²) in [6.45, 7) is 3.86. The molecule has 0 heterocycles. The van der Waals surface area contributed by atoms with Crippen molar-refractivity contribution in [1.29, 1.82) is 0 Å². The monoisotopic (exact) mass is 321 g/mol. The van der Waals surface area contributed by atoms with Crippen LogP contribution < -0.4 is 0 Å². The molecule has 0 spiro atoms. The number of allylic oxidation sites excluding steroid dienone is 2. The number of carbonyl (C=O) groups is 1. The molecule has 0 aliphatic heterocycles. The van der Waals surface area contributed by atoms with Crippen LogP contribution in [0.4, 0.5) is 5.69 Å². The maximum absolute atomic E-state index is 12.0. The lowest BCUT2D eigenvalue weighted by molar-refractivity contribution is -0.117. The largest absolute Gasteiger partial charge is 0.511 e. The van der Waals surface area contributed by atoms with Gasteiger partial charge in [0, 0.05) is 25.3 Å². The summed E-state index contributed by atoms with van der Waals surface area (Å²) >= 11 is 0. The van der Waals surface area contributed by atoms with Gasteiger partial charge in [0.15, 0.2) is 15.6 Å². The van der Waals surface area contributed by atoms with Crippen molar-refractivity contribution in [3.05, 3.63) is 35.6 Å². The maximum Gasteiger partial charge on any atom is 0.175 e. The van der Waals surface area contributed by atoms with Crippen LogP contribution in [0.5, 0.6) is 0 Å². The summed E-state index contributed by atoms with van der Waals surface area (Å²) in [6, 6.07) is 6.04. The molecule has 0 radical (unpaired) electrons. The van der Waals surface area contributed by atoms with E-state index in [-0.39, 0.29) is 27.4 Å². The van der Waals surface area contributed by atoms with Crippen molar-refractivity contribution < 1.29 is 18.3 Å². The molecule has 1 aliphatic carbocycles. The van der Waals surface area contributed by atoms with Crippen molar-refractivity contribution in [1.82, 2.24) is 0 Å². The zero-order valence-electron chi connectivity index (χ0n) is 12.8. The van der Waals surface area contributed by atoms with Crippen LogP contribution in [-0.4, -0.2) is 31.8 Å². The summed E-state index contributed by atoms with van der Waals surface area (Å²) in [5, 5.41) is 9.99. The zero-order valence-corrected chi connectivity index (χ0v) is 13.6. The number of nitrogens with zero attached hydrogens (tertiary/aromatic N) is 1. The van der Waals surface area contributed by atoms with Crippen molar-refractivity contribution in [2.45, 2.75) is 31.6 Å². The molecule has 2 rings (SSSR count). The molecular formula is C16H19NO4S. The SMILES string of the molecule is CC1(C)CC(=O)C(C=Nc2ccc(S(C)(=O)=O)cc2)=C(O)C1. The summed E-state index contributed by atoms with van der Waals surface area (Å²) < 4.78 is 22.7. The first-order valence-corrected chi connectivity index (χ1v) is 8.77. The minimum absolute atomic E-state index is 0.0535. The summed E-state index contributed by atoms with van der Waals surface area (Å²) in [7, 11) is -3.24. The first kappa shape index (κ1) is 16.4. The molecule has 0 saturated carbocycles. The molecule has 22 heavy (non-hydrogen) atoms. The number of benzene rings is 1. The van der Waals surface area contributed by atoms with E-state index >= 15 is 0 Å². The Balaban J connectivity index is 2.24. The Bertz CT molecular complexity index is 756. The molecule has 5 nitrogen and oxygen atoms in total. The lowest BCUT2D eigenvalue weighted by Gasteiger charge is -2.28. The number of aliphatic hydroxyl groups excluding tert-OH is 1. The third-order valence-electron chi connectivity index (χ3n) is 3.50. The number of hydrogen-bond acceptors (Lipinski definition) is 5. The predicted octanol–water partition coefficient (Wildman–Crippen LogP) is 2.99. The van der Waals surface area contributed by atoms with Gasteiger partial charge >= 0.3 is 0 Å². The average Bonchev–Trinajstić information content (AvgIpc) is 2.35. The molecule has 0 aromatic heterocycles. The Kier molecular flexibility index (Phi) is 4.24. The van der Waals surface area contributed by atoms with Crippen LogP contribution in [0.25, 0.3) is 0 Å². The van der Waals surface area contributed by atoms with Gasteiger partial charge in [0.25, 0.3) is 0 Å². The molecule has 1 N–H and O–H groups in total. The second-order valence-electron chi connectivity index (χ2n) is 6.33. The quantitative estimate of drug-likeness (QED) is 0.867. The maximum atomic E-state index is 12.0. The van der Waals surface area contributed by atoms with Gasteiger partial charge in [-0.05, 0) is 29.7 Å². The van der Waals surface area contributed by atoms with E-state index in [1.165, 1.54) is 18.3 Å². The molecule has 1 aromatic rings. The second-order valence-corrected chi connectivity index (χ2v) is 8.34. The normalized spacial score (nSPS) is 19.0. The van der Waals surface area contributed by atoms with Gasteiger partial charge in [-0.1, -0.05) is 13.8 Å². The fourth-order valence-electron chi connectivity index (χ4n) is 2.37. The highest BCUT2D eigenvalue weighted by Crippen LogP contribution is 2.35. The van der Waals surface area contributed by atoms with Crippen LogP contribution in [0.3, 0.4) is 0 Å². The van der Waals surface area contributed by atoms with E-state index in [4.69, 9.17) is 0 Å². The summed E-state index contributed by atoms with van der Waals surface area (Å²) in [6.07, 6.45) is 3.29. The van der Waals surface area contributed by atoms with E-state index in [1.807, 2.05) is 13.8 Å². The number of rotatable bonds is 3. The lowest BCUT2D eigenvalue weighted by atomic mass is 9.77. The molecule has 6 heteroatoms. The van der Waals surface area contributed by atoms with Crippen molar-refractivity contribution in [3.8, 4) is 0 Å². The van der Waals surface area contributed by atoms with Crippen LogP contribution in [0.15, 0.2) is 45.5 Å². The van der Waals surface area contributed by atoms with Gasteiger partial charge in [-0.2, -0.15) is 0 Å². The number of Topliss-reactive ketones (excluding diaryl/α,β-unsaturated/α-hetero) is 1. The van der Waals surface area contributed by atoms with Crippen LogP contribution in [-0.2, 0) is 14.6 Å². The van der Waals surface area contributed by atoms with Gasteiger partial charge in [0.05, 0.1) is 16.2 Å². The summed E-state index contributed by atoms with van der Waals surface area (Å²) in [5.74, 6) is -0.0805. The minimum Gasteiger partial charge on any atom is -0.511 e. The molecular weight excluding hydrogens is 302 g/mol. The van der Waals surface area contributed by atoms with Gasteiger partial charge in [-0.3, -0.25) is 9.79 Å². The van der Waals surface area contributed by atoms with Crippen molar-refractivity contribution in [2.75, 3.05) is 6.26 Å². The summed E-state index contributed by atoms with van der Waals surface area (Å²) in [5.41, 5.74) is 0.507. The standard InChI is InChI=1S/C16H19NO4S/c1-16(2)8-14(18)13(15(19)9-16)10-17-11-4-6-12(7-5-11)22(3,20)21/h4-7,10,18H,8-9H2,1-3H3. The van der Waals surface area contributed by atoms with Crippen molar-refractivity contribution in [3.63, 3.8) is 0 Å². The number of hydrogen-bond donors (Lipinski definition) is 1. The number of ketones is 1. The van der Waals surface area contributed by atoms with E-state index in [0.29, 0.717) is 18.5 Å². The van der Waals surface area contributed by atoms with Gasteiger partial charge in [0.2, 0.25) is 0 Å². The molecule has 1 aliphatic rings. The highest BCUT2D eigenvalue weighted by molar-refractivity contribution is 7.90. The Morgan fingerprint density at radius 2 is 1.77 bits per heavy atom. The van der Waals surface area contributed by atoms with Gasteiger partial charge in [-0.25, -0.2) is 8.42 Å². The first-order valence-electron chi connectivity index (χ1n) is 6.88. The molecule has 0 atom stereocenters.